The van der Waals surface area contributed by atoms with Crippen molar-refractivity contribution >= 4 is 23.3 Å². The zero-order valence-corrected chi connectivity index (χ0v) is 12.8. The molecule has 0 atom stereocenters. The predicted molar refractivity (Wildman–Crippen MR) is 81.2 cm³/mol. The minimum atomic E-state index is -0.745. The van der Waals surface area contributed by atoms with Crippen LogP contribution in [0.15, 0.2) is 34.9 Å². The molecule has 0 radical (unpaired) electrons. The quantitative estimate of drug-likeness (QED) is 0.649. The van der Waals surface area contributed by atoms with Gasteiger partial charge in [-0.15, -0.1) is 0 Å². The number of anilines is 1. The van der Waals surface area contributed by atoms with E-state index in [1.165, 1.54) is 6.07 Å². The zero-order chi connectivity index (χ0) is 16.8. The molecule has 1 heterocycles. The standard InChI is InChI=1S/C16H16N2O5/c1-3-15(20)17-12-6-4-11(5-7-12)13(19)9-22-16(21)14-8-10(2)18-23-14/h4-8H,3,9H2,1-2H3,(H,17,20). The molecule has 0 fully saturated rings. The van der Waals surface area contributed by atoms with Crippen LogP contribution < -0.4 is 5.32 Å². The molecule has 0 saturated carbocycles. The summed E-state index contributed by atoms with van der Waals surface area (Å²) in [6, 6.07) is 7.77. The van der Waals surface area contributed by atoms with E-state index >= 15 is 0 Å². The number of benzene rings is 1. The fraction of sp³-hybridized carbons (Fsp3) is 0.250. The Morgan fingerprint density at radius 2 is 1.91 bits per heavy atom. The fourth-order valence-electron chi connectivity index (χ4n) is 1.73. The Balaban J connectivity index is 1.90. The summed E-state index contributed by atoms with van der Waals surface area (Å²) in [6.45, 7) is 3.02. The van der Waals surface area contributed by atoms with Crippen LogP contribution in [-0.4, -0.2) is 29.4 Å². The number of nitrogens with zero attached hydrogens (tertiary/aromatic N) is 1. The smallest absolute Gasteiger partial charge is 0.377 e. The molecule has 2 rings (SSSR count). The summed E-state index contributed by atoms with van der Waals surface area (Å²) in [7, 11) is 0. The molecule has 2 aromatic rings. The summed E-state index contributed by atoms with van der Waals surface area (Å²) in [5, 5.41) is 6.24. The number of nitrogens with one attached hydrogen (secondary N) is 1. The first kappa shape index (κ1) is 16.4. The number of hydrogen-bond acceptors (Lipinski definition) is 6. The molecule has 1 aromatic heterocycles. The molecule has 0 bridgehead atoms. The van der Waals surface area contributed by atoms with Crippen LogP contribution >= 0.6 is 0 Å². The summed E-state index contributed by atoms with van der Waals surface area (Å²) in [5.41, 5.74) is 1.52. The van der Waals surface area contributed by atoms with Crippen molar-refractivity contribution in [3.8, 4) is 0 Å². The van der Waals surface area contributed by atoms with E-state index in [-0.39, 0.29) is 17.5 Å². The first-order chi connectivity index (χ1) is 11.0. The first-order valence-electron chi connectivity index (χ1n) is 7.03. The molecule has 0 saturated heterocycles. The van der Waals surface area contributed by atoms with E-state index in [0.29, 0.717) is 23.4 Å². The largest absolute Gasteiger partial charge is 0.451 e. The highest BCUT2D eigenvalue weighted by molar-refractivity contribution is 5.99. The normalized spacial score (nSPS) is 10.2. The lowest BCUT2D eigenvalue weighted by Crippen LogP contribution is -2.14. The number of aryl methyl sites for hydroxylation is 1. The van der Waals surface area contributed by atoms with Gasteiger partial charge < -0.3 is 14.6 Å². The van der Waals surface area contributed by atoms with Crippen LogP contribution in [-0.2, 0) is 9.53 Å². The molecule has 0 spiro atoms. The molecule has 23 heavy (non-hydrogen) atoms. The van der Waals surface area contributed by atoms with Crippen LogP contribution in [0.3, 0.4) is 0 Å². The maximum Gasteiger partial charge on any atom is 0.377 e. The summed E-state index contributed by atoms with van der Waals surface area (Å²) in [4.78, 5) is 34.9. The third-order valence-electron chi connectivity index (χ3n) is 2.98. The molecule has 120 valence electrons. The number of carbonyl (C=O) groups is 3. The molecular formula is C16H16N2O5. The van der Waals surface area contributed by atoms with Crippen LogP contribution in [0.4, 0.5) is 5.69 Å². The Bertz CT molecular complexity index is 718. The zero-order valence-electron chi connectivity index (χ0n) is 12.8. The highest BCUT2D eigenvalue weighted by Crippen LogP contribution is 2.11. The second kappa shape index (κ2) is 7.35. The number of Topliss-reactive ketones (excluding diaryl/α,β-unsaturated/α-hetero) is 1. The summed E-state index contributed by atoms with van der Waals surface area (Å²) in [6.07, 6.45) is 0.373. The van der Waals surface area contributed by atoms with E-state index in [1.807, 2.05) is 0 Å². The molecule has 0 aliphatic rings. The van der Waals surface area contributed by atoms with Crippen molar-refractivity contribution in [2.75, 3.05) is 11.9 Å². The Morgan fingerprint density at radius 1 is 1.22 bits per heavy atom. The van der Waals surface area contributed by atoms with Crippen molar-refractivity contribution in [3.63, 3.8) is 0 Å². The minimum Gasteiger partial charge on any atom is -0.451 e. The second-order valence-electron chi connectivity index (χ2n) is 4.81. The number of ether oxygens (including phenoxy) is 1. The summed E-state index contributed by atoms with van der Waals surface area (Å²) < 4.78 is 9.63. The van der Waals surface area contributed by atoms with Gasteiger partial charge in [0.1, 0.15) is 0 Å². The van der Waals surface area contributed by atoms with Gasteiger partial charge in [-0.2, -0.15) is 0 Å². The van der Waals surface area contributed by atoms with E-state index in [9.17, 15) is 14.4 Å². The maximum atomic E-state index is 12.0. The van der Waals surface area contributed by atoms with Gasteiger partial charge in [0.2, 0.25) is 11.7 Å². The topological polar surface area (TPSA) is 98.5 Å². The number of rotatable bonds is 6. The Labute approximate surface area is 132 Å². The Kier molecular flexibility index (Phi) is 5.24. The lowest BCUT2D eigenvalue weighted by molar-refractivity contribution is -0.115. The lowest BCUT2D eigenvalue weighted by Gasteiger charge is -2.05. The van der Waals surface area contributed by atoms with Gasteiger partial charge in [0.15, 0.2) is 12.4 Å². The molecule has 0 aliphatic carbocycles. The van der Waals surface area contributed by atoms with Crippen LogP contribution in [0.25, 0.3) is 0 Å². The van der Waals surface area contributed by atoms with Crippen molar-refractivity contribution in [1.29, 1.82) is 0 Å². The summed E-state index contributed by atoms with van der Waals surface area (Å²) in [5.74, 6) is -1.26. The van der Waals surface area contributed by atoms with E-state index in [0.717, 1.165) is 0 Å². The fourth-order valence-corrected chi connectivity index (χ4v) is 1.73. The van der Waals surface area contributed by atoms with Crippen molar-refractivity contribution in [2.45, 2.75) is 20.3 Å². The maximum absolute atomic E-state index is 12.0. The van der Waals surface area contributed by atoms with Gasteiger partial charge in [0.25, 0.3) is 0 Å². The SMILES string of the molecule is CCC(=O)Nc1ccc(C(=O)COC(=O)c2cc(C)no2)cc1. The number of ketones is 1. The van der Waals surface area contributed by atoms with Crippen molar-refractivity contribution in [3.05, 3.63) is 47.3 Å². The molecule has 0 unspecified atom stereocenters. The molecule has 1 amide bonds. The van der Waals surface area contributed by atoms with Gasteiger partial charge in [-0.05, 0) is 31.2 Å². The Morgan fingerprint density at radius 3 is 2.48 bits per heavy atom. The van der Waals surface area contributed by atoms with Crippen molar-refractivity contribution in [1.82, 2.24) is 5.16 Å². The van der Waals surface area contributed by atoms with E-state index in [2.05, 4.69) is 10.5 Å². The molecule has 0 aliphatic heterocycles. The Hall–Kier alpha value is -2.96. The molecule has 1 N–H and O–H groups in total. The monoisotopic (exact) mass is 316 g/mol. The number of esters is 1. The van der Waals surface area contributed by atoms with Gasteiger partial charge >= 0.3 is 5.97 Å². The average Bonchev–Trinajstić information content (AvgIpc) is 2.99. The van der Waals surface area contributed by atoms with Crippen molar-refractivity contribution < 1.29 is 23.6 Å². The van der Waals surface area contributed by atoms with Crippen LogP contribution in [0.1, 0.15) is 40.0 Å². The van der Waals surface area contributed by atoms with Crippen LogP contribution in [0.5, 0.6) is 0 Å². The number of carbonyl (C=O) groups excluding carboxylic acids is 3. The number of amides is 1. The van der Waals surface area contributed by atoms with Crippen LogP contribution in [0.2, 0.25) is 0 Å². The summed E-state index contributed by atoms with van der Waals surface area (Å²) >= 11 is 0. The minimum absolute atomic E-state index is 0.0482. The van der Waals surface area contributed by atoms with Gasteiger partial charge in [0.05, 0.1) is 5.69 Å². The molecule has 7 nitrogen and oxygen atoms in total. The average molecular weight is 316 g/mol. The third kappa shape index (κ3) is 4.50. The van der Waals surface area contributed by atoms with Gasteiger partial charge in [-0.25, -0.2) is 4.79 Å². The van der Waals surface area contributed by atoms with Crippen LogP contribution in [0, 0.1) is 6.92 Å². The predicted octanol–water partition coefficient (Wildman–Crippen LogP) is 2.37. The van der Waals surface area contributed by atoms with Crippen molar-refractivity contribution in [2.24, 2.45) is 0 Å². The first-order valence-corrected chi connectivity index (χ1v) is 7.03. The third-order valence-corrected chi connectivity index (χ3v) is 2.98. The highest BCUT2D eigenvalue weighted by atomic mass is 16.6. The second-order valence-corrected chi connectivity index (χ2v) is 4.81. The van der Waals surface area contributed by atoms with Gasteiger partial charge in [-0.1, -0.05) is 12.1 Å². The molecule has 1 aromatic carbocycles. The molecule has 7 heteroatoms. The van der Waals surface area contributed by atoms with Gasteiger partial charge in [-0.3, -0.25) is 9.59 Å². The number of aromatic nitrogens is 1. The van der Waals surface area contributed by atoms with E-state index < -0.39 is 12.6 Å². The number of hydrogen-bond donors (Lipinski definition) is 1. The highest BCUT2D eigenvalue weighted by Gasteiger charge is 2.15. The molecular weight excluding hydrogens is 300 g/mol. The lowest BCUT2D eigenvalue weighted by atomic mass is 10.1. The van der Waals surface area contributed by atoms with Gasteiger partial charge in [0, 0.05) is 23.7 Å². The van der Waals surface area contributed by atoms with E-state index in [4.69, 9.17) is 9.26 Å². The van der Waals surface area contributed by atoms with E-state index in [1.54, 1.807) is 38.1 Å².